The minimum atomic E-state index is 0.329. The zero-order valence-electron chi connectivity index (χ0n) is 10.3. The Kier molecular flexibility index (Phi) is 2.74. The van der Waals surface area contributed by atoms with Gasteiger partial charge < -0.3 is 0 Å². The number of ketones is 1. The fourth-order valence-corrected chi connectivity index (χ4v) is 3.64. The smallest absolute Gasteiger partial charge is 0.133 e. The second kappa shape index (κ2) is 3.77. The third-order valence-electron chi connectivity index (χ3n) is 4.53. The molecule has 1 fully saturated rings. The summed E-state index contributed by atoms with van der Waals surface area (Å²) in [7, 11) is 0. The zero-order chi connectivity index (χ0) is 11.2. The number of allylic oxidation sites excluding steroid dienone is 2. The van der Waals surface area contributed by atoms with Crippen molar-refractivity contribution in [2.45, 2.75) is 40.5 Å². The molecule has 84 valence electrons. The Labute approximate surface area is 92.9 Å². The van der Waals surface area contributed by atoms with E-state index in [1.54, 1.807) is 6.92 Å². The van der Waals surface area contributed by atoms with E-state index < -0.39 is 0 Å². The zero-order valence-corrected chi connectivity index (χ0v) is 10.3. The standard InChI is InChI=1S/C14H22O/c1-8(2)12-7-13-9(3)5-11(12)6-14(13)10(4)15/h5,8,11-14H,6-7H2,1-4H3. The Balaban J connectivity index is 2.23. The van der Waals surface area contributed by atoms with Gasteiger partial charge in [0.2, 0.25) is 0 Å². The van der Waals surface area contributed by atoms with Gasteiger partial charge in [-0.3, -0.25) is 4.79 Å². The lowest BCUT2D eigenvalue weighted by Crippen LogP contribution is -2.41. The summed E-state index contributed by atoms with van der Waals surface area (Å²) in [6.45, 7) is 8.61. The molecule has 1 saturated carbocycles. The average molecular weight is 206 g/mol. The van der Waals surface area contributed by atoms with Crippen LogP contribution in [0.4, 0.5) is 0 Å². The maximum Gasteiger partial charge on any atom is 0.133 e. The maximum absolute atomic E-state index is 11.6. The molecule has 0 aromatic carbocycles. The minimum Gasteiger partial charge on any atom is -0.300 e. The summed E-state index contributed by atoms with van der Waals surface area (Å²) in [5.74, 6) is 3.53. The van der Waals surface area contributed by atoms with Gasteiger partial charge in [-0.15, -0.1) is 0 Å². The first-order valence-electron chi connectivity index (χ1n) is 6.19. The van der Waals surface area contributed by atoms with E-state index in [9.17, 15) is 4.79 Å². The Morgan fingerprint density at radius 3 is 2.53 bits per heavy atom. The van der Waals surface area contributed by atoms with Crippen LogP contribution < -0.4 is 0 Å². The number of carbonyl (C=O) groups excluding carboxylic acids is 1. The van der Waals surface area contributed by atoms with Gasteiger partial charge in [0.25, 0.3) is 0 Å². The highest BCUT2D eigenvalue weighted by Crippen LogP contribution is 2.49. The van der Waals surface area contributed by atoms with Gasteiger partial charge in [0.1, 0.15) is 5.78 Å². The van der Waals surface area contributed by atoms with Gasteiger partial charge in [-0.25, -0.2) is 0 Å². The summed E-state index contributed by atoms with van der Waals surface area (Å²) in [5.41, 5.74) is 1.48. The predicted molar refractivity (Wildman–Crippen MR) is 62.5 cm³/mol. The maximum atomic E-state index is 11.6. The van der Waals surface area contributed by atoms with Crippen LogP contribution in [0, 0.1) is 29.6 Å². The second-order valence-electron chi connectivity index (χ2n) is 5.78. The van der Waals surface area contributed by atoms with Crippen molar-refractivity contribution >= 4 is 5.78 Å². The second-order valence-corrected chi connectivity index (χ2v) is 5.78. The highest BCUT2D eigenvalue weighted by Gasteiger charge is 2.43. The first kappa shape index (κ1) is 10.9. The van der Waals surface area contributed by atoms with Crippen molar-refractivity contribution in [3.8, 4) is 0 Å². The van der Waals surface area contributed by atoms with E-state index in [0.29, 0.717) is 23.5 Å². The third-order valence-corrected chi connectivity index (χ3v) is 4.53. The van der Waals surface area contributed by atoms with Crippen LogP contribution in [0.5, 0.6) is 0 Å². The van der Waals surface area contributed by atoms with E-state index in [2.05, 4.69) is 26.8 Å². The molecule has 0 aliphatic heterocycles. The molecule has 3 rings (SSSR count). The molecule has 0 saturated heterocycles. The molecule has 4 atom stereocenters. The normalized spacial score (nSPS) is 39.4. The summed E-state index contributed by atoms with van der Waals surface area (Å²) in [4.78, 5) is 11.6. The lowest BCUT2D eigenvalue weighted by molar-refractivity contribution is -0.124. The van der Waals surface area contributed by atoms with Crippen molar-refractivity contribution in [3.05, 3.63) is 11.6 Å². The van der Waals surface area contributed by atoms with Crippen LogP contribution in [0.3, 0.4) is 0 Å². The van der Waals surface area contributed by atoms with Gasteiger partial charge in [0.05, 0.1) is 0 Å². The van der Waals surface area contributed by atoms with Crippen molar-refractivity contribution in [2.24, 2.45) is 29.6 Å². The van der Waals surface area contributed by atoms with E-state index in [1.807, 2.05) is 0 Å². The number of Topliss-reactive ketones (excluding diaryl/α,β-unsaturated/α-hetero) is 1. The summed E-state index contributed by atoms with van der Waals surface area (Å²) in [6, 6.07) is 0. The molecule has 4 unspecified atom stereocenters. The molecule has 3 aliphatic carbocycles. The largest absolute Gasteiger partial charge is 0.300 e. The highest BCUT2D eigenvalue weighted by atomic mass is 16.1. The molecule has 0 spiro atoms. The number of fused-ring (bicyclic) bond motifs is 2. The number of hydrogen-bond acceptors (Lipinski definition) is 1. The Morgan fingerprint density at radius 2 is 2.07 bits per heavy atom. The van der Waals surface area contributed by atoms with Crippen molar-refractivity contribution in [3.63, 3.8) is 0 Å². The van der Waals surface area contributed by atoms with Crippen molar-refractivity contribution in [1.29, 1.82) is 0 Å². The lowest BCUT2D eigenvalue weighted by atomic mass is 9.58. The Bertz CT molecular complexity index is 300. The molecule has 0 radical (unpaired) electrons. The molecule has 0 aromatic heterocycles. The first-order chi connectivity index (χ1) is 7.00. The first-order valence-corrected chi connectivity index (χ1v) is 6.19. The van der Waals surface area contributed by atoms with Crippen LogP contribution in [-0.2, 0) is 4.79 Å². The van der Waals surface area contributed by atoms with E-state index in [4.69, 9.17) is 0 Å². The monoisotopic (exact) mass is 206 g/mol. The highest BCUT2D eigenvalue weighted by molar-refractivity contribution is 5.79. The number of hydrogen-bond donors (Lipinski definition) is 0. The molecule has 0 heterocycles. The fraction of sp³-hybridized carbons (Fsp3) is 0.786. The van der Waals surface area contributed by atoms with Crippen LogP contribution in [-0.4, -0.2) is 5.78 Å². The molecule has 1 heteroatoms. The molecule has 2 bridgehead atoms. The topological polar surface area (TPSA) is 17.1 Å². The molecule has 1 nitrogen and oxygen atoms in total. The van der Waals surface area contributed by atoms with Gasteiger partial charge in [-0.2, -0.15) is 0 Å². The fourth-order valence-electron chi connectivity index (χ4n) is 3.64. The SMILES string of the molecule is CC(=O)C1CC2C=C(C)C1CC2C(C)C. The van der Waals surface area contributed by atoms with Gasteiger partial charge in [0.15, 0.2) is 0 Å². The molecular formula is C14H22O. The Hall–Kier alpha value is -0.590. The summed E-state index contributed by atoms with van der Waals surface area (Å²) in [5, 5.41) is 0. The third kappa shape index (κ3) is 1.77. The minimum absolute atomic E-state index is 0.329. The molecule has 3 aliphatic rings. The van der Waals surface area contributed by atoms with Gasteiger partial charge in [0, 0.05) is 5.92 Å². The van der Waals surface area contributed by atoms with Gasteiger partial charge in [-0.1, -0.05) is 25.5 Å². The van der Waals surface area contributed by atoms with E-state index in [-0.39, 0.29) is 0 Å². The molecule has 0 amide bonds. The summed E-state index contributed by atoms with van der Waals surface area (Å²) < 4.78 is 0. The average Bonchev–Trinajstić information content (AvgIpc) is 2.16. The van der Waals surface area contributed by atoms with Crippen molar-refractivity contribution in [1.82, 2.24) is 0 Å². The van der Waals surface area contributed by atoms with Crippen LogP contribution in [0.25, 0.3) is 0 Å². The molecule has 15 heavy (non-hydrogen) atoms. The van der Waals surface area contributed by atoms with E-state index >= 15 is 0 Å². The van der Waals surface area contributed by atoms with Crippen LogP contribution in [0.15, 0.2) is 11.6 Å². The summed E-state index contributed by atoms with van der Waals surface area (Å²) in [6.07, 6.45) is 4.80. The lowest BCUT2D eigenvalue weighted by Gasteiger charge is -2.46. The predicted octanol–water partition coefficient (Wildman–Crippen LogP) is 3.45. The van der Waals surface area contributed by atoms with Gasteiger partial charge in [-0.05, 0) is 50.4 Å². The quantitative estimate of drug-likeness (QED) is 0.632. The Morgan fingerprint density at radius 1 is 1.40 bits per heavy atom. The molecular weight excluding hydrogens is 184 g/mol. The van der Waals surface area contributed by atoms with Crippen LogP contribution in [0.1, 0.15) is 40.5 Å². The van der Waals surface area contributed by atoms with Crippen LogP contribution >= 0.6 is 0 Å². The van der Waals surface area contributed by atoms with Gasteiger partial charge >= 0.3 is 0 Å². The molecule has 0 N–H and O–H groups in total. The number of carbonyl (C=O) groups is 1. The van der Waals surface area contributed by atoms with Crippen LogP contribution in [0.2, 0.25) is 0 Å². The van der Waals surface area contributed by atoms with Crippen molar-refractivity contribution < 1.29 is 4.79 Å². The van der Waals surface area contributed by atoms with E-state index in [1.165, 1.54) is 12.0 Å². The van der Waals surface area contributed by atoms with E-state index in [0.717, 1.165) is 18.3 Å². The molecule has 0 aromatic rings. The summed E-state index contributed by atoms with van der Waals surface area (Å²) >= 11 is 0. The number of rotatable bonds is 2. The van der Waals surface area contributed by atoms with Crippen molar-refractivity contribution in [2.75, 3.05) is 0 Å².